The van der Waals surface area contributed by atoms with Crippen molar-refractivity contribution in [2.24, 2.45) is 17.8 Å². The molecule has 2 rings (SSSR count). The van der Waals surface area contributed by atoms with Gasteiger partial charge in [0.1, 0.15) is 0 Å². The van der Waals surface area contributed by atoms with Crippen LogP contribution < -0.4 is 0 Å². The minimum Gasteiger partial charge on any atom is -0.378 e. The Labute approximate surface area is 129 Å². The van der Waals surface area contributed by atoms with Crippen LogP contribution in [0.25, 0.3) is 0 Å². The van der Waals surface area contributed by atoms with Crippen molar-refractivity contribution in [2.45, 2.75) is 52.6 Å². The van der Waals surface area contributed by atoms with Gasteiger partial charge < -0.3 is 14.4 Å². The number of rotatable bonds is 4. The van der Waals surface area contributed by atoms with E-state index in [9.17, 15) is 4.79 Å². The Morgan fingerprint density at radius 2 is 1.90 bits per heavy atom. The molecule has 0 saturated carbocycles. The zero-order valence-corrected chi connectivity index (χ0v) is 14.1. The van der Waals surface area contributed by atoms with E-state index in [2.05, 4.69) is 27.7 Å². The normalized spacial score (nSPS) is 27.7. The van der Waals surface area contributed by atoms with E-state index in [1.165, 1.54) is 0 Å². The molecule has 2 heterocycles. The largest absolute Gasteiger partial charge is 0.378 e. The maximum absolute atomic E-state index is 12.6. The third-order valence-electron chi connectivity index (χ3n) is 4.97. The number of carbonyl (C=O) groups is 1. The highest BCUT2D eigenvalue weighted by Crippen LogP contribution is 2.38. The number of hydrogen-bond donors (Lipinski definition) is 0. The van der Waals surface area contributed by atoms with Crippen LogP contribution in [0.3, 0.4) is 0 Å². The summed E-state index contributed by atoms with van der Waals surface area (Å²) in [5.41, 5.74) is -0.0436. The summed E-state index contributed by atoms with van der Waals surface area (Å²) in [4.78, 5) is 14.5. The third-order valence-corrected chi connectivity index (χ3v) is 4.97. The second-order valence-corrected chi connectivity index (χ2v) is 7.47. The van der Waals surface area contributed by atoms with Crippen molar-refractivity contribution in [2.75, 3.05) is 32.9 Å². The van der Waals surface area contributed by atoms with Crippen LogP contribution in [0.1, 0.15) is 47.0 Å². The van der Waals surface area contributed by atoms with Gasteiger partial charge in [0.05, 0.1) is 18.8 Å². The van der Waals surface area contributed by atoms with Crippen LogP contribution in [0.2, 0.25) is 0 Å². The molecule has 0 N–H and O–H groups in total. The second kappa shape index (κ2) is 7.10. The summed E-state index contributed by atoms with van der Waals surface area (Å²) in [5, 5.41) is 0. The molecule has 0 aliphatic carbocycles. The van der Waals surface area contributed by atoms with Crippen molar-refractivity contribution in [3.8, 4) is 0 Å². The molecule has 2 aliphatic heterocycles. The van der Waals surface area contributed by atoms with Crippen LogP contribution in [0, 0.1) is 17.8 Å². The molecule has 0 spiro atoms. The Morgan fingerprint density at radius 3 is 2.48 bits per heavy atom. The first kappa shape index (κ1) is 16.8. The van der Waals surface area contributed by atoms with Crippen LogP contribution in [0.15, 0.2) is 0 Å². The number of carbonyl (C=O) groups excluding carboxylic acids is 1. The van der Waals surface area contributed by atoms with E-state index in [-0.39, 0.29) is 5.60 Å². The molecule has 0 aromatic heterocycles. The summed E-state index contributed by atoms with van der Waals surface area (Å²) in [6.07, 6.45) is 2.83. The SMILES string of the molecule is CC(C)[C@@H](CC(=O)N1CCOCC1)[C@H]1CCOC(C)(C)C1. The molecule has 2 saturated heterocycles. The van der Waals surface area contributed by atoms with Crippen molar-refractivity contribution in [3.05, 3.63) is 0 Å². The molecule has 21 heavy (non-hydrogen) atoms. The van der Waals surface area contributed by atoms with Crippen LogP contribution >= 0.6 is 0 Å². The Balaban J connectivity index is 1.96. The quantitative estimate of drug-likeness (QED) is 0.801. The zero-order valence-electron chi connectivity index (χ0n) is 14.1. The lowest BCUT2D eigenvalue weighted by molar-refractivity contribution is -0.139. The minimum atomic E-state index is -0.0436. The fourth-order valence-corrected chi connectivity index (χ4v) is 3.73. The number of morpholine rings is 1. The van der Waals surface area contributed by atoms with Crippen molar-refractivity contribution < 1.29 is 14.3 Å². The summed E-state index contributed by atoms with van der Waals surface area (Å²) in [6, 6.07) is 0. The van der Waals surface area contributed by atoms with Gasteiger partial charge in [0.15, 0.2) is 0 Å². The van der Waals surface area contributed by atoms with Gasteiger partial charge in [0, 0.05) is 26.1 Å². The molecular weight excluding hydrogens is 266 g/mol. The lowest BCUT2D eigenvalue weighted by Crippen LogP contribution is -2.43. The molecule has 0 bridgehead atoms. The highest BCUT2D eigenvalue weighted by molar-refractivity contribution is 5.76. The maximum atomic E-state index is 12.6. The Bertz CT molecular complexity index is 348. The van der Waals surface area contributed by atoms with Gasteiger partial charge in [-0.15, -0.1) is 0 Å². The number of hydrogen-bond acceptors (Lipinski definition) is 3. The van der Waals surface area contributed by atoms with E-state index in [4.69, 9.17) is 9.47 Å². The minimum absolute atomic E-state index is 0.0436. The van der Waals surface area contributed by atoms with Crippen molar-refractivity contribution in [1.29, 1.82) is 0 Å². The van der Waals surface area contributed by atoms with Gasteiger partial charge in [-0.2, -0.15) is 0 Å². The Morgan fingerprint density at radius 1 is 1.24 bits per heavy atom. The molecule has 0 unspecified atom stereocenters. The Hall–Kier alpha value is -0.610. The first-order valence-electron chi connectivity index (χ1n) is 8.38. The lowest BCUT2D eigenvalue weighted by atomic mass is 9.73. The van der Waals surface area contributed by atoms with E-state index in [0.29, 0.717) is 43.3 Å². The molecule has 2 fully saturated rings. The van der Waals surface area contributed by atoms with E-state index in [0.717, 1.165) is 32.5 Å². The number of amides is 1. The van der Waals surface area contributed by atoms with Crippen LogP contribution in [0.4, 0.5) is 0 Å². The first-order chi connectivity index (χ1) is 9.89. The molecule has 1 amide bonds. The molecular formula is C17H31NO3. The summed E-state index contributed by atoms with van der Waals surface area (Å²) >= 11 is 0. The van der Waals surface area contributed by atoms with Crippen molar-refractivity contribution in [1.82, 2.24) is 4.90 Å². The average Bonchev–Trinajstić information content (AvgIpc) is 2.44. The average molecular weight is 297 g/mol. The van der Waals surface area contributed by atoms with Crippen molar-refractivity contribution in [3.63, 3.8) is 0 Å². The topological polar surface area (TPSA) is 38.8 Å². The highest BCUT2D eigenvalue weighted by atomic mass is 16.5. The van der Waals surface area contributed by atoms with E-state index in [1.807, 2.05) is 4.90 Å². The molecule has 4 nitrogen and oxygen atoms in total. The summed E-state index contributed by atoms with van der Waals surface area (Å²) in [6.45, 7) is 12.5. The molecule has 4 heteroatoms. The lowest BCUT2D eigenvalue weighted by Gasteiger charge is -2.41. The monoisotopic (exact) mass is 297 g/mol. The number of ether oxygens (including phenoxy) is 2. The van der Waals surface area contributed by atoms with Gasteiger partial charge >= 0.3 is 0 Å². The summed E-state index contributed by atoms with van der Waals surface area (Å²) in [5.74, 6) is 1.90. The van der Waals surface area contributed by atoms with Crippen LogP contribution in [-0.4, -0.2) is 49.3 Å². The van der Waals surface area contributed by atoms with Crippen molar-refractivity contribution >= 4 is 5.91 Å². The standard InChI is InChI=1S/C17H31NO3/c1-13(2)15(14-5-8-21-17(3,4)12-14)11-16(19)18-6-9-20-10-7-18/h13-15H,5-12H2,1-4H3/t14-,15+/m0/s1. The highest BCUT2D eigenvalue weighted by Gasteiger charge is 2.36. The molecule has 122 valence electrons. The van der Waals surface area contributed by atoms with Crippen LogP contribution in [-0.2, 0) is 14.3 Å². The van der Waals surface area contributed by atoms with Gasteiger partial charge in [-0.25, -0.2) is 0 Å². The smallest absolute Gasteiger partial charge is 0.223 e. The summed E-state index contributed by atoms with van der Waals surface area (Å²) < 4.78 is 11.2. The Kier molecular flexibility index (Phi) is 5.67. The predicted octanol–water partition coefficient (Wildman–Crippen LogP) is 2.71. The number of nitrogens with zero attached hydrogens (tertiary/aromatic N) is 1. The van der Waals surface area contributed by atoms with E-state index in [1.54, 1.807) is 0 Å². The van der Waals surface area contributed by atoms with E-state index >= 15 is 0 Å². The molecule has 0 radical (unpaired) electrons. The van der Waals surface area contributed by atoms with Gasteiger partial charge in [-0.1, -0.05) is 13.8 Å². The summed E-state index contributed by atoms with van der Waals surface area (Å²) in [7, 11) is 0. The molecule has 0 aromatic carbocycles. The first-order valence-corrected chi connectivity index (χ1v) is 8.38. The van der Waals surface area contributed by atoms with Gasteiger partial charge in [-0.05, 0) is 44.4 Å². The van der Waals surface area contributed by atoms with Gasteiger partial charge in [0.2, 0.25) is 5.91 Å². The van der Waals surface area contributed by atoms with Gasteiger partial charge in [-0.3, -0.25) is 4.79 Å². The molecule has 0 aromatic rings. The zero-order chi connectivity index (χ0) is 15.5. The second-order valence-electron chi connectivity index (χ2n) is 7.47. The van der Waals surface area contributed by atoms with E-state index < -0.39 is 0 Å². The van der Waals surface area contributed by atoms with Crippen LogP contribution in [0.5, 0.6) is 0 Å². The third kappa shape index (κ3) is 4.68. The molecule has 2 aliphatic rings. The van der Waals surface area contributed by atoms with Gasteiger partial charge in [0.25, 0.3) is 0 Å². The molecule has 2 atom stereocenters. The predicted molar refractivity (Wildman–Crippen MR) is 83.1 cm³/mol. The fraction of sp³-hybridized carbons (Fsp3) is 0.941. The maximum Gasteiger partial charge on any atom is 0.223 e. The fourth-order valence-electron chi connectivity index (χ4n) is 3.73.